The summed E-state index contributed by atoms with van der Waals surface area (Å²) >= 11 is 0. The van der Waals surface area contributed by atoms with Gasteiger partial charge in [0, 0.05) is 31.2 Å². The van der Waals surface area contributed by atoms with E-state index < -0.39 is 98.6 Å². The van der Waals surface area contributed by atoms with Gasteiger partial charge in [0.25, 0.3) is 5.92 Å². The smallest absolute Gasteiger partial charge is 0.356 e. The van der Waals surface area contributed by atoms with Gasteiger partial charge in [-0.2, -0.15) is 17.6 Å². The number of fused-ring (bicyclic) bond motifs is 3. The van der Waals surface area contributed by atoms with Gasteiger partial charge in [-0.05, 0) is 37.2 Å². The Morgan fingerprint density at radius 2 is 1.74 bits per heavy atom. The van der Waals surface area contributed by atoms with Crippen molar-refractivity contribution in [2.75, 3.05) is 12.8 Å². The van der Waals surface area contributed by atoms with Crippen LogP contribution in [0, 0.1) is 17.3 Å². The highest BCUT2D eigenvalue weighted by molar-refractivity contribution is 7.94. The van der Waals surface area contributed by atoms with Gasteiger partial charge in [0.2, 0.25) is 32.7 Å². The lowest BCUT2D eigenvalue weighted by molar-refractivity contribution is -0.197. The third kappa shape index (κ3) is 7.37. The summed E-state index contributed by atoms with van der Waals surface area (Å²) < 4.78 is 107. The molecule has 0 unspecified atom stereocenters. The van der Waals surface area contributed by atoms with E-state index in [0.717, 1.165) is 4.90 Å². The maximum Gasteiger partial charge on any atom is 0.471 e. The second-order valence-corrected chi connectivity index (χ2v) is 14.1. The number of alkyl halides is 5. The quantitative estimate of drug-likeness (QED) is 0.350. The minimum Gasteiger partial charge on any atom is -0.356 e. The highest BCUT2D eigenvalue weighted by atomic mass is 32.2. The van der Waals surface area contributed by atoms with Crippen molar-refractivity contribution in [1.82, 2.24) is 20.9 Å². The predicted octanol–water partition coefficient (Wildman–Crippen LogP) is 1.96. The molecule has 0 radical (unpaired) electrons. The monoisotopic (exact) mass is 632 g/mol. The zero-order valence-corrected chi connectivity index (χ0v) is 24.2. The lowest BCUT2D eigenvalue weighted by Gasteiger charge is -2.55. The van der Waals surface area contributed by atoms with Crippen molar-refractivity contribution in [3.8, 4) is 0 Å². The van der Waals surface area contributed by atoms with Gasteiger partial charge < -0.3 is 20.9 Å². The Morgan fingerprint density at radius 1 is 1.12 bits per heavy atom. The van der Waals surface area contributed by atoms with Crippen molar-refractivity contribution < 1.29 is 53.9 Å². The maximum absolute atomic E-state index is 15.1. The fourth-order valence-electron chi connectivity index (χ4n) is 5.73. The van der Waals surface area contributed by atoms with Crippen molar-refractivity contribution in [2.45, 2.75) is 89.1 Å². The third-order valence-electron chi connectivity index (χ3n) is 7.82. The Bertz CT molecular complexity index is 1250. The average molecular weight is 633 g/mol. The summed E-state index contributed by atoms with van der Waals surface area (Å²) in [6, 6.07) is -6.56. The van der Waals surface area contributed by atoms with Crippen molar-refractivity contribution in [1.29, 1.82) is 0 Å². The summed E-state index contributed by atoms with van der Waals surface area (Å²) in [7, 11) is -4.38. The van der Waals surface area contributed by atoms with E-state index in [9.17, 15) is 45.2 Å². The van der Waals surface area contributed by atoms with Gasteiger partial charge in [-0.15, -0.1) is 0 Å². The average Bonchev–Trinajstić information content (AvgIpc) is 3.22. The standard InChI is InChI=1S/C25H34F6N4O6S/c1-23(2,3)18(34-22(39)25(29,30)31)21(38)35-14-5-6-15(24(27,28)11-14)17(35)20(37)33-13(10-16(26)42(4,40)41)9-12-7-8-32-19(12)36/h10,12-15,17-18H,5-9,11H2,1-4H3,(H,32,36)(H,33,37)(H,34,39)/b16-10-/t12-,13-,14+,15+,17-,18-/m1/s1. The molecule has 4 aliphatic rings. The minimum absolute atomic E-state index is 0.00808. The number of carbonyl (C=O) groups excluding carboxylic acids is 4. The van der Waals surface area contributed by atoms with Crippen LogP contribution in [0.4, 0.5) is 26.3 Å². The van der Waals surface area contributed by atoms with Gasteiger partial charge in [0.15, 0.2) is 0 Å². The Labute approximate surface area is 238 Å². The van der Waals surface area contributed by atoms with E-state index >= 15 is 8.78 Å². The van der Waals surface area contributed by atoms with Crippen LogP contribution in [0.15, 0.2) is 11.2 Å². The molecule has 0 spiro atoms. The number of carbonyl (C=O) groups is 4. The van der Waals surface area contributed by atoms with Gasteiger partial charge in [-0.1, -0.05) is 20.8 Å². The molecule has 6 atom stereocenters. The van der Waals surface area contributed by atoms with E-state index in [1.807, 2.05) is 0 Å². The Hall–Kier alpha value is -2.85. The van der Waals surface area contributed by atoms with Crippen LogP contribution >= 0.6 is 0 Å². The summed E-state index contributed by atoms with van der Waals surface area (Å²) in [5, 5.41) is 4.81. The Balaban J connectivity index is 2.00. The first kappa shape index (κ1) is 33.6. The lowest BCUT2D eigenvalue weighted by Crippen LogP contribution is -2.71. The molecule has 42 heavy (non-hydrogen) atoms. The van der Waals surface area contributed by atoms with Crippen LogP contribution in [0.3, 0.4) is 0 Å². The maximum atomic E-state index is 15.1. The van der Waals surface area contributed by atoms with Crippen molar-refractivity contribution >= 4 is 33.5 Å². The number of nitrogens with zero attached hydrogens (tertiary/aromatic N) is 1. The van der Waals surface area contributed by atoms with Gasteiger partial charge in [0.1, 0.15) is 12.1 Å². The van der Waals surface area contributed by atoms with Gasteiger partial charge in [-0.3, -0.25) is 19.2 Å². The topological polar surface area (TPSA) is 142 Å². The number of sulfone groups is 1. The normalized spacial score (nSPS) is 27.7. The number of rotatable bonds is 8. The highest BCUT2D eigenvalue weighted by Gasteiger charge is 2.61. The summed E-state index contributed by atoms with van der Waals surface area (Å²) in [6.07, 6.45) is -5.38. The van der Waals surface area contributed by atoms with Crippen LogP contribution in [-0.4, -0.2) is 86.0 Å². The molecule has 1 saturated carbocycles. The molecule has 3 N–H and O–H groups in total. The molecule has 3 aliphatic heterocycles. The molecule has 0 aromatic carbocycles. The molecule has 4 fully saturated rings. The summed E-state index contributed by atoms with van der Waals surface area (Å²) in [4.78, 5) is 52.0. The molecule has 0 aromatic rings. The van der Waals surface area contributed by atoms with Crippen molar-refractivity contribution in [3.05, 3.63) is 11.2 Å². The molecule has 10 nitrogen and oxygen atoms in total. The fraction of sp³-hybridized carbons (Fsp3) is 0.760. The molecule has 1 aliphatic carbocycles. The largest absolute Gasteiger partial charge is 0.471 e. The second-order valence-electron chi connectivity index (χ2n) is 12.1. The van der Waals surface area contributed by atoms with Crippen LogP contribution in [0.5, 0.6) is 0 Å². The van der Waals surface area contributed by atoms with Gasteiger partial charge >= 0.3 is 12.1 Å². The molecule has 3 heterocycles. The number of hydrogen-bond donors (Lipinski definition) is 3. The van der Waals surface area contributed by atoms with E-state index in [1.54, 1.807) is 5.32 Å². The Kier molecular flexibility index (Phi) is 9.36. The number of piperidine rings is 2. The number of halogens is 6. The molecular formula is C25H34F6N4O6S. The van der Waals surface area contributed by atoms with Crippen molar-refractivity contribution in [2.24, 2.45) is 17.3 Å². The predicted molar refractivity (Wildman–Crippen MR) is 136 cm³/mol. The first-order valence-electron chi connectivity index (χ1n) is 13.3. The lowest BCUT2D eigenvalue weighted by atomic mass is 9.70. The van der Waals surface area contributed by atoms with E-state index in [2.05, 4.69) is 10.6 Å². The van der Waals surface area contributed by atoms with Gasteiger partial charge in [-0.25, -0.2) is 17.2 Å². The highest BCUT2D eigenvalue weighted by Crippen LogP contribution is 2.49. The first-order valence-corrected chi connectivity index (χ1v) is 15.2. The molecule has 238 valence electrons. The SMILES string of the molecule is CC(C)(C)[C@H](NC(=O)C(F)(F)F)C(=O)N1[C@H]2CC[C@@H]([C@@H]1C(=O)N[C@@H](/C=C(/F)S(C)(=O)=O)C[C@H]1CCNC1=O)C(F)(F)C2. The number of hydrogen-bond acceptors (Lipinski definition) is 6. The summed E-state index contributed by atoms with van der Waals surface area (Å²) in [5.41, 5.74) is -1.35. The minimum atomic E-state index is -5.36. The van der Waals surface area contributed by atoms with Crippen LogP contribution in [0.25, 0.3) is 0 Å². The van der Waals surface area contributed by atoms with E-state index in [1.165, 1.54) is 20.8 Å². The van der Waals surface area contributed by atoms with Crippen LogP contribution in [0.1, 0.15) is 52.9 Å². The zero-order valence-electron chi connectivity index (χ0n) is 23.4. The first-order chi connectivity index (χ1) is 19.0. The molecule has 4 amide bonds. The Morgan fingerprint density at radius 3 is 2.21 bits per heavy atom. The molecule has 2 bridgehead atoms. The molecule has 3 saturated heterocycles. The van der Waals surface area contributed by atoms with E-state index in [-0.39, 0.29) is 32.2 Å². The molecule has 0 aromatic heterocycles. The van der Waals surface area contributed by atoms with E-state index in [0.29, 0.717) is 12.3 Å². The zero-order chi connectivity index (χ0) is 32.0. The number of amides is 4. The summed E-state index contributed by atoms with van der Waals surface area (Å²) in [5.74, 6) is -11.3. The fourth-order valence-corrected chi connectivity index (χ4v) is 6.14. The van der Waals surface area contributed by atoms with E-state index in [4.69, 9.17) is 0 Å². The van der Waals surface area contributed by atoms with Crippen LogP contribution in [0.2, 0.25) is 0 Å². The third-order valence-corrected chi connectivity index (χ3v) is 8.66. The molecule has 4 rings (SSSR count). The number of nitrogens with one attached hydrogen (secondary N) is 3. The van der Waals surface area contributed by atoms with Crippen LogP contribution < -0.4 is 16.0 Å². The molecule has 17 heteroatoms. The second kappa shape index (κ2) is 11.7. The van der Waals surface area contributed by atoms with Gasteiger partial charge in [0.05, 0.1) is 12.0 Å². The van der Waals surface area contributed by atoms with Crippen molar-refractivity contribution in [3.63, 3.8) is 0 Å². The summed E-state index contributed by atoms with van der Waals surface area (Å²) in [6.45, 7) is 4.31. The molecular weight excluding hydrogens is 598 g/mol. The van der Waals surface area contributed by atoms with Crippen LogP contribution in [-0.2, 0) is 29.0 Å².